The summed E-state index contributed by atoms with van der Waals surface area (Å²) in [5.41, 5.74) is 1.13. The van der Waals surface area contributed by atoms with Gasteiger partial charge in [0.25, 0.3) is 0 Å². The van der Waals surface area contributed by atoms with Crippen LogP contribution in [-0.4, -0.2) is 38.7 Å². The minimum absolute atomic E-state index is 0.000876. The van der Waals surface area contributed by atoms with Gasteiger partial charge in [-0.15, -0.1) is 0 Å². The molecule has 29 heavy (non-hydrogen) atoms. The first kappa shape index (κ1) is 20.9. The molecule has 0 radical (unpaired) electrons. The van der Waals surface area contributed by atoms with Gasteiger partial charge in [0.2, 0.25) is 5.91 Å². The fourth-order valence-corrected chi connectivity index (χ4v) is 4.71. The Kier molecular flexibility index (Phi) is 5.22. The summed E-state index contributed by atoms with van der Waals surface area (Å²) in [4.78, 5) is 16.9. The molecule has 9 heteroatoms. The molecule has 1 aromatic heterocycles. The SMILES string of the molecule is CC(C)(C(=O)Nc1cnc2ccccc2c1)S(=O)(=O)c1ccc(S(C)(=O)=O)cc1. The minimum Gasteiger partial charge on any atom is -0.323 e. The number of aromatic nitrogens is 1. The van der Waals surface area contributed by atoms with Crippen LogP contribution in [0.1, 0.15) is 13.8 Å². The molecule has 0 bridgehead atoms. The molecule has 0 aliphatic rings. The third kappa shape index (κ3) is 4.01. The summed E-state index contributed by atoms with van der Waals surface area (Å²) in [5.74, 6) is -0.721. The zero-order valence-corrected chi connectivity index (χ0v) is 17.7. The number of nitrogens with zero attached hydrogens (tertiary/aromatic N) is 1. The summed E-state index contributed by atoms with van der Waals surface area (Å²) >= 11 is 0. The number of sulfone groups is 2. The quantitative estimate of drug-likeness (QED) is 0.664. The zero-order valence-electron chi connectivity index (χ0n) is 16.1. The molecule has 7 nitrogen and oxygen atoms in total. The number of nitrogens with one attached hydrogen (secondary N) is 1. The second-order valence-electron chi connectivity index (χ2n) is 7.13. The number of amides is 1. The van der Waals surface area contributed by atoms with E-state index in [1.807, 2.05) is 24.3 Å². The van der Waals surface area contributed by atoms with Crippen LogP contribution in [-0.2, 0) is 24.5 Å². The molecule has 1 amide bonds. The standard InChI is InChI=1S/C20H20N2O5S2/c1-20(2,29(26,27)17-10-8-16(9-11-17)28(3,24)25)19(23)22-15-12-14-6-4-5-7-18(14)21-13-15/h4-13H,1-3H3,(H,22,23). The normalized spacial score (nSPS) is 12.7. The van der Waals surface area contributed by atoms with Crippen LogP contribution in [0.4, 0.5) is 5.69 Å². The Morgan fingerprint density at radius 1 is 0.931 bits per heavy atom. The van der Waals surface area contributed by atoms with E-state index >= 15 is 0 Å². The first-order chi connectivity index (χ1) is 13.4. The Morgan fingerprint density at radius 3 is 2.14 bits per heavy atom. The number of rotatable bonds is 5. The number of benzene rings is 2. The van der Waals surface area contributed by atoms with Crippen LogP contribution in [0.3, 0.4) is 0 Å². The second kappa shape index (κ2) is 7.23. The van der Waals surface area contributed by atoms with Crippen LogP contribution in [0.25, 0.3) is 10.9 Å². The number of anilines is 1. The van der Waals surface area contributed by atoms with E-state index in [-0.39, 0.29) is 9.79 Å². The van der Waals surface area contributed by atoms with Crippen molar-refractivity contribution in [3.8, 4) is 0 Å². The van der Waals surface area contributed by atoms with E-state index < -0.39 is 30.3 Å². The highest BCUT2D eigenvalue weighted by molar-refractivity contribution is 7.93. The highest BCUT2D eigenvalue weighted by Gasteiger charge is 2.43. The van der Waals surface area contributed by atoms with Crippen molar-refractivity contribution in [1.29, 1.82) is 0 Å². The van der Waals surface area contributed by atoms with Crippen LogP contribution < -0.4 is 5.32 Å². The summed E-state index contributed by atoms with van der Waals surface area (Å²) < 4.78 is 47.4. The van der Waals surface area contributed by atoms with Gasteiger partial charge in [0.05, 0.1) is 27.2 Å². The summed E-state index contributed by atoms with van der Waals surface area (Å²) in [7, 11) is -7.55. The lowest BCUT2D eigenvalue weighted by atomic mass is 10.1. The van der Waals surface area contributed by atoms with Gasteiger partial charge in [0, 0.05) is 11.6 Å². The lowest BCUT2D eigenvalue weighted by molar-refractivity contribution is -0.117. The third-order valence-electron chi connectivity index (χ3n) is 4.63. The molecule has 0 aliphatic heterocycles. The Labute approximate surface area is 169 Å². The molecular formula is C20H20N2O5S2. The average Bonchev–Trinajstić information content (AvgIpc) is 2.67. The van der Waals surface area contributed by atoms with Crippen LogP contribution >= 0.6 is 0 Å². The first-order valence-corrected chi connectivity index (χ1v) is 12.0. The average molecular weight is 433 g/mol. The summed E-state index contributed by atoms with van der Waals surface area (Å²) in [6, 6.07) is 13.9. The molecule has 0 saturated heterocycles. The molecule has 0 fully saturated rings. The number of hydrogen-bond donors (Lipinski definition) is 1. The molecule has 0 aliphatic carbocycles. The van der Waals surface area contributed by atoms with Crippen molar-refractivity contribution in [3.05, 3.63) is 60.8 Å². The van der Waals surface area contributed by atoms with E-state index in [2.05, 4.69) is 10.3 Å². The van der Waals surface area contributed by atoms with Crippen LogP contribution in [0.2, 0.25) is 0 Å². The Morgan fingerprint density at radius 2 is 1.52 bits per heavy atom. The van der Waals surface area contributed by atoms with Crippen molar-refractivity contribution in [3.63, 3.8) is 0 Å². The van der Waals surface area contributed by atoms with Crippen molar-refractivity contribution in [1.82, 2.24) is 4.98 Å². The van der Waals surface area contributed by atoms with Gasteiger partial charge in [-0.2, -0.15) is 0 Å². The van der Waals surface area contributed by atoms with Gasteiger partial charge in [-0.3, -0.25) is 9.78 Å². The summed E-state index contributed by atoms with van der Waals surface area (Å²) in [6.45, 7) is 2.60. The van der Waals surface area contributed by atoms with Crippen molar-refractivity contribution >= 4 is 42.2 Å². The number of carbonyl (C=O) groups excluding carboxylic acids is 1. The third-order valence-corrected chi connectivity index (χ3v) is 8.18. The maximum atomic E-state index is 13.0. The highest BCUT2D eigenvalue weighted by Crippen LogP contribution is 2.28. The van der Waals surface area contributed by atoms with Crippen molar-refractivity contribution in [2.75, 3.05) is 11.6 Å². The number of pyridine rings is 1. The molecule has 152 valence electrons. The number of fused-ring (bicyclic) bond motifs is 1. The molecule has 0 unspecified atom stereocenters. The molecule has 3 aromatic rings. The van der Waals surface area contributed by atoms with Crippen molar-refractivity contribution < 1.29 is 21.6 Å². The van der Waals surface area contributed by atoms with E-state index in [1.54, 1.807) is 6.07 Å². The minimum atomic E-state index is -4.09. The lowest BCUT2D eigenvalue weighted by Crippen LogP contribution is -2.44. The van der Waals surface area contributed by atoms with Gasteiger partial charge in [0.1, 0.15) is 4.75 Å². The number of carbonyl (C=O) groups is 1. The Bertz CT molecular complexity index is 1300. The first-order valence-electron chi connectivity index (χ1n) is 8.64. The predicted octanol–water partition coefficient (Wildman–Crippen LogP) is 2.83. The molecule has 0 atom stereocenters. The van der Waals surface area contributed by atoms with Gasteiger partial charge in [-0.05, 0) is 50.2 Å². The molecule has 1 N–H and O–H groups in total. The molecule has 1 heterocycles. The van der Waals surface area contributed by atoms with E-state index in [4.69, 9.17) is 0 Å². The molecule has 3 rings (SSSR count). The van der Waals surface area contributed by atoms with E-state index in [1.165, 1.54) is 44.3 Å². The van der Waals surface area contributed by atoms with Gasteiger partial charge in [0.15, 0.2) is 19.7 Å². The molecule has 2 aromatic carbocycles. The van der Waals surface area contributed by atoms with Crippen LogP contribution in [0, 0.1) is 0 Å². The van der Waals surface area contributed by atoms with E-state index in [9.17, 15) is 21.6 Å². The molecular weight excluding hydrogens is 412 g/mol. The van der Waals surface area contributed by atoms with Gasteiger partial charge in [-0.25, -0.2) is 16.8 Å². The fraction of sp³-hybridized carbons (Fsp3) is 0.200. The highest BCUT2D eigenvalue weighted by atomic mass is 32.2. The Balaban J connectivity index is 1.90. The number of para-hydroxylation sites is 1. The van der Waals surface area contributed by atoms with E-state index in [0.717, 1.165) is 17.2 Å². The lowest BCUT2D eigenvalue weighted by Gasteiger charge is -2.24. The zero-order chi connectivity index (χ0) is 21.4. The monoisotopic (exact) mass is 432 g/mol. The smallest absolute Gasteiger partial charge is 0.245 e. The Hall–Kier alpha value is -2.78. The molecule has 0 saturated carbocycles. The number of hydrogen-bond acceptors (Lipinski definition) is 6. The summed E-state index contributed by atoms with van der Waals surface area (Å²) in [6.07, 6.45) is 2.50. The van der Waals surface area contributed by atoms with E-state index in [0.29, 0.717) is 5.69 Å². The van der Waals surface area contributed by atoms with Crippen molar-refractivity contribution in [2.24, 2.45) is 0 Å². The van der Waals surface area contributed by atoms with Gasteiger partial charge in [-0.1, -0.05) is 18.2 Å². The van der Waals surface area contributed by atoms with Crippen LogP contribution in [0.15, 0.2) is 70.6 Å². The topological polar surface area (TPSA) is 110 Å². The largest absolute Gasteiger partial charge is 0.323 e. The molecule has 0 spiro atoms. The van der Waals surface area contributed by atoms with Gasteiger partial charge >= 0.3 is 0 Å². The van der Waals surface area contributed by atoms with Crippen molar-refractivity contribution in [2.45, 2.75) is 28.4 Å². The van der Waals surface area contributed by atoms with Gasteiger partial charge < -0.3 is 5.32 Å². The maximum Gasteiger partial charge on any atom is 0.245 e. The van der Waals surface area contributed by atoms with Crippen LogP contribution in [0.5, 0.6) is 0 Å². The fourth-order valence-electron chi connectivity index (χ4n) is 2.70. The predicted molar refractivity (Wildman–Crippen MR) is 111 cm³/mol. The maximum absolute atomic E-state index is 13.0. The summed E-state index contributed by atoms with van der Waals surface area (Å²) in [5, 5.41) is 3.42. The second-order valence-corrected chi connectivity index (χ2v) is 11.6.